The molecule has 2 nitrogen and oxygen atoms in total. The summed E-state index contributed by atoms with van der Waals surface area (Å²) in [6.07, 6.45) is 0.907. The van der Waals surface area contributed by atoms with Gasteiger partial charge in [-0.25, -0.2) is 0 Å². The molecule has 3 heteroatoms. The molecular formula is C16H17BrO2. The van der Waals surface area contributed by atoms with Gasteiger partial charge in [0.15, 0.2) is 11.5 Å². The molecule has 0 fully saturated rings. The van der Waals surface area contributed by atoms with Gasteiger partial charge in [-0.1, -0.05) is 52.3 Å². The quantitative estimate of drug-likeness (QED) is 0.761. The van der Waals surface area contributed by atoms with Gasteiger partial charge in [0.1, 0.15) is 0 Å². The van der Waals surface area contributed by atoms with Gasteiger partial charge in [0.2, 0.25) is 0 Å². The summed E-state index contributed by atoms with van der Waals surface area (Å²) < 4.78 is 10.6. The maximum atomic E-state index is 5.32. The first kappa shape index (κ1) is 13.9. The smallest absolute Gasteiger partial charge is 0.160 e. The van der Waals surface area contributed by atoms with E-state index in [0.717, 1.165) is 17.9 Å². The molecule has 1 unspecified atom stereocenters. The largest absolute Gasteiger partial charge is 0.493 e. The average molecular weight is 321 g/mol. The van der Waals surface area contributed by atoms with Gasteiger partial charge < -0.3 is 9.47 Å². The summed E-state index contributed by atoms with van der Waals surface area (Å²) in [5, 5.41) is 0. The predicted molar refractivity (Wildman–Crippen MR) is 81.4 cm³/mol. The highest BCUT2D eigenvalue weighted by molar-refractivity contribution is 9.09. The van der Waals surface area contributed by atoms with Crippen molar-refractivity contribution in [2.45, 2.75) is 11.2 Å². The minimum atomic E-state index is 0.298. The second-order valence-corrected chi connectivity index (χ2v) is 5.38. The molecule has 19 heavy (non-hydrogen) atoms. The van der Waals surface area contributed by atoms with Crippen LogP contribution in [0, 0.1) is 0 Å². The number of benzene rings is 2. The molecule has 2 aromatic rings. The van der Waals surface area contributed by atoms with Crippen LogP contribution >= 0.6 is 15.9 Å². The Morgan fingerprint density at radius 1 is 0.947 bits per heavy atom. The Hall–Kier alpha value is -1.48. The highest BCUT2D eigenvalue weighted by atomic mass is 79.9. The first-order valence-electron chi connectivity index (χ1n) is 6.14. The molecule has 0 bridgehead atoms. The average Bonchev–Trinajstić information content (AvgIpc) is 2.48. The van der Waals surface area contributed by atoms with Crippen LogP contribution in [0.5, 0.6) is 11.5 Å². The normalized spacial score (nSPS) is 11.9. The monoisotopic (exact) mass is 320 g/mol. The summed E-state index contributed by atoms with van der Waals surface area (Å²) in [6.45, 7) is 0. The molecule has 1 atom stereocenters. The van der Waals surface area contributed by atoms with Crippen LogP contribution in [-0.2, 0) is 6.42 Å². The second-order valence-electron chi connectivity index (χ2n) is 4.27. The van der Waals surface area contributed by atoms with Crippen LogP contribution in [0.4, 0.5) is 0 Å². The van der Waals surface area contributed by atoms with Crippen molar-refractivity contribution in [3.63, 3.8) is 0 Å². The van der Waals surface area contributed by atoms with E-state index in [1.54, 1.807) is 14.2 Å². The van der Waals surface area contributed by atoms with E-state index >= 15 is 0 Å². The number of alkyl halides is 1. The Morgan fingerprint density at radius 3 is 2.26 bits per heavy atom. The minimum Gasteiger partial charge on any atom is -0.493 e. The Bertz CT molecular complexity index is 526. The van der Waals surface area contributed by atoms with Crippen molar-refractivity contribution < 1.29 is 9.47 Å². The molecule has 0 aliphatic heterocycles. The van der Waals surface area contributed by atoms with Crippen molar-refractivity contribution >= 4 is 15.9 Å². The van der Waals surface area contributed by atoms with Gasteiger partial charge in [0, 0.05) is 4.83 Å². The van der Waals surface area contributed by atoms with Gasteiger partial charge in [0.25, 0.3) is 0 Å². The molecule has 0 N–H and O–H groups in total. The van der Waals surface area contributed by atoms with E-state index < -0.39 is 0 Å². The van der Waals surface area contributed by atoms with E-state index in [2.05, 4.69) is 46.3 Å². The lowest BCUT2D eigenvalue weighted by Crippen LogP contribution is -1.97. The van der Waals surface area contributed by atoms with Gasteiger partial charge in [-0.3, -0.25) is 0 Å². The van der Waals surface area contributed by atoms with E-state index in [9.17, 15) is 0 Å². The summed E-state index contributed by atoms with van der Waals surface area (Å²) in [5.41, 5.74) is 2.49. The van der Waals surface area contributed by atoms with E-state index in [4.69, 9.17) is 9.47 Å². The highest BCUT2D eigenvalue weighted by Crippen LogP contribution is 2.32. The van der Waals surface area contributed by atoms with Crippen molar-refractivity contribution in [1.82, 2.24) is 0 Å². The Morgan fingerprint density at radius 2 is 1.63 bits per heavy atom. The van der Waals surface area contributed by atoms with Crippen molar-refractivity contribution in [1.29, 1.82) is 0 Å². The molecule has 2 rings (SSSR count). The number of halogens is 1. The van der Waals surface area contributed by atoms with Gasteiger partial charge in [-0.05, 0) is 29.7 Å². The van der Waals surface area contributed by atoms with Crippen molar-refractivity contribution in [2.75, 3.05) is 14.2 Å². The molecular weight excluding hydrogens is 304 g/mol. The van der Waals surface area contributed by atoms with Crippen molar-refractivity contribution in [3.8, 4) is 11.5 Å². The highest BCUT2D eigenvalue weighted by Gasteiger charge is 2.10. The summed E-state index contributed by atoms with van der Waals surface area (Å²) in [4.78, 5) is 0.298. The van der Waals surface area contributed by atoms with Crippen LogP contribution in [0.1, 0.15) is 16.0 Å². The number of ether oxygens (including phenoxy) is 2. The lowest BCUT2D eigenvalue weighted by molar-refractivity contribution is 0.354. The fourth-order valence-electron chi connectivity index (χ4n) is 1.99. The zero-order chi connectivity index (χ0) is 13.7. The molecule has 0 spiro atoms. The molecule has 0 aromatic heterocycles. The van der Waals surface area contributed by atoms with Crippen LogP contribution in [0.25, 0.3) is 0 Å². The summed E-state index contributed by atoms with van der Waals surface area (Å²) in [7, 11) is 3.30. The van der Waals surface area contributed by atoms with E-state index in [1.807, 2.05) is 18.2 Å². The summed E-state index contributed by atoms with van der Waals surface area (Å²) in [6, 6.07) is 16.4. The SMILES string of the molecule is COc1ccc(CC(Br)c2ccccc2)cc1OC. The summed E-state index contributed by atoms with van der Waals surface area (Å²) in [5.74, 6) is 1.53. The third kappa shape index (κ3) is 3.51. The lowest BCUT2D eigenvalue weighted by atomic mass is 10.0. The van der Waals surface area contributed by atoms with Crippen LogP contribution < -0.4 is 9.47 Å². The maximum absolute atomic E-state index is 5.32. The predicted octanol–water partition coefficient (Wildman–Crippen LogP) is 4.38. The van der Waals surface area contributed by atoms with Gasteiger partial charge in [0.05, 0.1) is 14.2 Å². The minimum absolute atomic E-state index is 0.298. The molecule has 0 saturated heterocycles. The van der Waals surface area contributed by atoms with Gasteiger partial charge in [-0.15, -0.1) is 0 Å². The fraction of sp³-hybridized carbons (Fsp3) is 0.250. The maximum Gasteiger partial charge on any atom is 0.160 e. The number of methoxy groups -OCH3 is 2. The van der Waals surface area contributed by atoms with Crippen molar-refractivity contribution in [3.05, 3.63) is 59.7 Å². The summed E-state index contributed by atoms with van der Waals surface area (Å²) >= 11 is 3.73. The van der Waals surface area contributed by atoms with Gasteiger partial charge >= 0.3 is 0 Å². The number of hydrogen-bond acceptors (Lipinski definition) is 2. The topological polar surface area (TPSA) is 18.5 Å². The molecule has 0 saturated carbocycles. The van der Waals surface area contributed by atoms with Crippen LogP contribution in [0.15, 0.2) is 48.5 Å². The molecule has 0 amide bonds. The third-order valence-corrected chi connectivity index (χ3v) is 3.88. The van der Waals surface area contributed by atoms with Gasteiger partial charge in [-0.2, -0.15) is 0 Å². The first-order valence-corrected chi connectivity index (χ1v) is 7.06. The zero-order valence-electron chi connectivity index (χ0n) is 11.1. The molecule has 100 valence electrons. The number of rotatable bonds is 5. The third-order valence-electron chi connectivity index (χ3n) is 3.02. The molecule has 2 aromatic carbocycles. The van der Waals surface area contributed by atoms with Crippen LogP contribution in [-0.4, -0.2) is 14.2 Å². The van der Waals surface area contributed by atoms with Crippen LogP contribution in [0.2, 0.25) is 0 Å². The molecule has 0 aliphatic carbocycles. The van der Waals surface area contributed by atoms with E-state index in [-0.39, 0.29) is 0 Å². The molecule has 0 radical (unpaired) electrons. The zero-order valence-corrected chi connectivity index (χ0v) is 12.7. The Balaban J connectivity index is 2.15. The molecule has 0 heterocycles. The van der Waals surface area contributed by atoms with Crippen LogP contribution in [0.3, 0.4) is 0 Å². The standard InChI is InChI=1S/C16H17BrO2/c1-18-15-9-8-12(11-16(15)19-2)10-14(17)13-6-4-3-5-7-13/h3-9,11,14H,10H2,1-2H3. The Kier molecular flexibility index (Phi) is 4.86. The first-order chi connectivity index (χ1) is 9.24. The Labute approximate surface area is 122 Å². The van der Waals surface area contributed by atoms with E-state index in [1.165, 1.54) is 11.1 Å². The molecule has 0 aliphatic rings. The van der Waals surface area contributed by atoms with E-state index in [0.29, 0.717) is 4.83 Å². The fourth-order valence-corrected chi connectivity index (χ4v) is 2.67. The van der Waals surface area contributed by atoms with Crippen molar-refractivity contribution in [2.24, 2.45) is 0 Å². The second kappa shape index (κ2) is 6.62. The number of hydrogen-bond donors (Lipinski definition) is 0. The lowest BCUT2D eigenvalue weighted by Gasteiger charge is -2.13.